The molecule has 2 aromatic carbocycles. The van der Waals surface area contributed by atoms with Crippen molar-refractivity contribution in [3.8, 4) is 5.75 Å². The van der Waals surface area contributed by atoms with Crippen molar-refractivity contribution in [1.82, 2.24) is 16.2 Å². The molecule has 142 valence electrons. The largest absolute Gasteiger partial charge is 0.481 e. The molecule has 0 aromatic heterocycles. The fourth-order valence-corrected chi connectivity index (χ4v) is 2.22. The second kappa shape index (κ2) is 9.09. The van der Waals surface area contributed by atoms with Gasteiger partial charge in [0, 0.05) is 5.56 Å². The van der Waals surface area contributed by atoms with Gasteiger partial charge >= 0.3 is 0 Å². The molecule has 2 rings (SSSR count). The zero-order valence-corrected chi connectivity index (χ0v) is 15.9. The number of hydrogen-bond acceptors (Lipinski definition) is 4. The summed E-state index contributed by atoms with van der Waals surface area (Å²) in [6, 6.07) is 10.5. The predicted molar refractivity (Wildman–Crippen MR) is 104 cm³/mol. The fraction of sp³-hybridized carbons (Fsp3) is 0.211. The van der Waals surface area contributed by atoms with E-state index in [0.29, 0.717) is 5.75 Å². The number of amides is 2. The van der Waals surface area contributed by atoms with Crippen LogP contribution in [0.1, 0.15) is 28.4 Å². The van der Waals surface area contributed by atoms with Crippen molar-refractivity contribution in [3.63, 3.8) is 0 Å². The Kier molecular flexibility index (Phi) is 6.84. The summed E-state index contributed by atoms with van der Waals surface area (Å²) < 4.78 is 18.5. The van der Waals surface area contributed by atoms with Crippen molar-refractivity contribution in [1.29, 1.82) is 0 Å². The van der Waals surface area contributed by atoms with Crippen molar-refractivity contribution < 1.29 is 18.7 Å². The summed E-state index contributed by atoms with van der Waals surface area (Å²) in [5.41, 5.74) is 7.21. The lowest BCUT2D eigenvalue weighted by Gasteiger charge is -2.17. The van der Waals surface area contributed by atoms with Gasteiger partial charge < -0.3 is 4.74 Å². The van der Waals surface area contributed by atoms with Gasteiger partial charge in [-0.1, -0.05) is 6.07 Å². The monoisotopic (exact) mass is 389 g/mol. The number of aryl methyl sites for hydroxylation is 2. The second-order valence-electron chi connectivity index (χ2n) is 5.91. The Morgan fingerprint density at radius 2 is 1.70 bits per heavy atom. The lowest BCUT2D eigenvalue weighted by molar-refractivity contribution is -0.127. The molecular formula is C19H20FN3O3S. The van der Waals surface area contributed by atoms with E-state index >= 15 is 0 Å². The highest BCUT2D eigenvalue weighted by molar-refractivity contribution is 7.80. The molecule has 0 saturated heterocycles. The van der Waals surface area contributed by atoms with Crippen LogP contribution < -0.4 is 20.9 Å². The van der Waals surface area contributed by atoms with Crippen LogP contribution in [0.5, 0.6) is 5.75 Å². The molecule has 2 amide bonds. The Bertz CT molecular complexity index is 856. The second-order valence-corrected chi connectivity index (χ2v) is 6.32. The summed E-state index contributed by atoms with van der Waals surface area (Å²) in [5.74, 6) is -0.863. The van der Waals surface area contributed by atoms with Crippen LogP contribution in [-0.4, -0.2) is 23.0 Å². The number of benzene rings is 2. The average Bonchev–Trinajstić information content (AvgIpc) is 2.63. The molecule has 0 saturated carbocycles. The highest BCUT2D eigenvalue weighted by Crippen LogP contribution is 2.17. The molecule has 0 radical (unpaired) electrons. The Morgan fingerprint density at radius 3 is 2.33 bits per heavy atom. The van der Waals surface area contributed by atoms with Gasteiger partial charge in [-0.2, -0.15) is 0 Å². The molecule has 0 aliphatic heterocycles. The number of hydrogen-bond donors (Lipinski definition) is 3. The van der Waals surface area contributed by atoms with E-state index in [4.69, 9.17) is 17.0 Å². The van der Waals surface area contributed by atoms with Gasteiger partial charge in [-0.25, -0.2) is 4.39 Å². The molecule has 1 atom stereocenters. The number of hydrazine groups is 1. The van der Waals surface area contributed by atoms with Gasteiger partial charge in [0.05, 0.1) is 0 Å². The minimum atomic E-state index is -0.782. The summed E-state index contributed by atoms with van der Waals surface area (Å²) in [7, 11) is 0. The van der Waals surface area contributed by atoms with Crippen molar-refractivity contribution in [3.05, 3.63) is 65.0 Å². The Morgan fingerprint density at radius 1 is 1.04 bits per heavy atom. The topological polar surface area (TPSA) is 79.5 Å². The normalized spacial score (nSPS) is 11.3. The lowest BCUT2D eigenvalue weighted by atomic mass is 10.1. The number of thiocarbonyl (C=S) groups is 1. The van der Waals surface area contributed by atoms with Crippen LogP contribution >= 0.6 is 12.2 Å². The van der Waals surface area contributed by atoms with Gasteiger partial charge in [0.1, 0.15) is 11.6 Å². The zero-order chi connectivity index (χ0) is 20.0. The van der Waals surface area contributed by atoms with Gasteiger partial charge in [0.2, 0.25) is 0 Å². The van der Waals surface area contributed by atoms with Crippen molar-refractivity contribution in [2.24, 2.45) is 0 Å². The van der Waals surface area contributed by atoms with Crippen LogP contribution in [0.2, 0.25) is 0 Å². The third kappa shape index (κ3) is 6.03. The van der Waals surface area contributed by atoms with Crippen molar-refractivity contribution in [2.45, 2.75) is 26.9 Å². The summed E-state index contributed by atoms with van der Waals surface area (Å²) >= 11 is 4.95. The van der Waals surface area contributed by atoms with Crippen LogP contribution in [0.4, 0.5) is 4.39 Å². The molecule has 0 aliphatic rings. The smallest absolute Gasteiger partial charge is 0.279 e. The summed E-state index contributed by atoms with van der Waals surface area (Å²) in [5, 5.41) is 2.28. The van der Waals surface area contributed by atoms with Gasteiger partial charge in [-0.15, -0.1) is 0 Å². The Labute approximate surface area is 162 Å². The number of carbonyl (C=O) groups is 2. The molecule has 0 bridgehead atoms. The van der Waals surface area contributed by atoms with E-state index in [2.05, 4.69) is 16.2 Å². The molecule has 8 heteroatoms. The molecule has 0 aliphatic carbocycles. The first kappa shape index (κ1) is 20.3. The van der Waals surface area contributed by atoms with Gasteiger partial charge in [-0.3, -0.25) is 25.8 Å². The highest BCUT2D eigenvalue weighted by Gasteiger charge is 2.16. The summed E-state index contributed by atoms with van der Waals surface area (Å²) in [4.78, 5) is 24.0. The summed E-state index contributed by atoms with van der Waals surface area (Å²) in [6.45, 7) is 5.53. The highest BCUT2D eigenvalue weighted by atomic mass is 32.1. The van der Waals surface area contributed by atoms with E-state index in [1.54, 1.807) is 13.0 Å². The first-order chi connectivity index (χ1) is 12.8. The maximum Gasteiger partial charge on any atom is 0.279 e. The Hall–Kier alpha value is -3.00. The maximum atomic E-state index is 12.9. The van der Waals surface area contributed by atoms with Crippen LogP contribution in [-0.2, 0) is 4.79 Å². The van der Waals surface area contributed by atoms with E-state index in [9.17, 15) is 14.0 Å². The van der Waals surface area contributed by atoms with E-state index in [-0.39, 0.29) is 10.7 Å². The van der Waals surface area contributed by atoms with E-state index < -0.39 is 23.7 Å². The quantitative estimate of drug-likeness (QED) is 0.553. The molecule has 0 fully saturated rings. The number of carbonyl (C=O) groups excluding carboxylic acids is 2. The van der Waals surface area contributed by atoms with E-state index in [0.717, 1.165) is 11.1 Å². The third-order valence-electron chi connectivity index (χ3n) is 3.79. The molecule has 3 N–H and O–H groups in total. The molecule has 0 heterocycles. The van der Waals surface area contributed by atoms with Crippen molar-refractivity contribution >= 4 is 29.1 Å². The molecule has 0 spiro atoms. The van der Waals surface area contributed by atoms with Crippen LogP contribution in [0.15, 0.2) is 42.5 Å². The molecule has 6 nitrogen and oxygen atoms in total. The van der Waals surface area contributed by atoms with E-state index in [1.807, 2.05) is 26.0 Å². The minimum Gasteiger partial charge on any atom is -0.481 e. The van der Waals surface area contributed by atoms with Gasteiger partial charge in [-0.05, 0) is 80.5 Å². The first-order valence-corrected chi connectivity index (χ1v) is 8.57. The average molecular weight is 389 g/mol. The predicted octanol–water partition coefficient (Wildman–Crippen LogP) is 2.55. The fourth-order valence-electron chi connectivity index (χ4n) is 2.07. The molecular weight excluding hydrogens is 369 g/mol. The number of halogens is 1. The zero-order valence-electron chi connectivity index (χ0n) is 15.1. The maximum absolute atomic E-state index is 12.9. The van der Waals surface area contributed by atoms with Crippen molar-refractivity contribution in [2.75, 3.05) is 0 Å². The summed E-state index contributed by atoms with van der Waals surface area (Å²) in [6.07, 6.45) is -0.782. The number of ether oxygens (including phenoxy) is 1. The number of rotatable bonds is 4. The van der Waals surface area contributed by atoms with Gasteiger partial charge in [0.25, 0.3) is 11.8 Å². The van der Waals surface area contributed by atoms with Crippen LogP contribution in [0, 0.1) is 19.7 Å². The lowest BCUT2D eigenvalue weighted by Crippen LogP contribution is -2.51. The van der Waals surface area contributed by atoms with Crippen LogP contribution in [0.3, 0.4) is 0 Å². The molecule has 27 heavy (non-hydrogen) atoms. The number of nitrogens with one attached hydrogen (secondary N) is 3. The van der Waals surface area contributed by atoms with Crippen LogP contribution in [0.25, 0.3) is 0 Å². The molecule has 1 unspecified atom stereocenters. The van der Waals surface area contributed by atoms with E-state index in [1.165, 1.54) is 24.3 Å². The Balaban J connectivity index is 1.81. The third-order valence-corrected chi connectivity index (χ3v) is 4.00. The van der Waals surface area contributed by atoms with Gasteiger partial charge in [0.15, 0.2) is 11.2 Å². The standard InChI is InChI=1S/C19H20FN3O3S/c1-11-4-9-16(10-12(11)2)26-13(3)17(24)22-23-19(27)21-18(25)14-5-7-15(20)8-6-14/h4-10,13H,1-3H3,(H,22,24)(H2,21,23,25,27). The minimum absolute atomic E-state index is 0.101. The SMILES string of the molecule is Cc1ccc(OC(C)C(=O)NNC(=S)NC(=O)c2ccc(F)cc2)cc1C. The molecule has 2 aromatic rings. The first-order valence-electron chi connectivity index (χ1n) is 8.17.